The van der Waals surface area contributed by atoms with E-state index in [9.17, 15) is 14.7 Å². The van der Waals surface area contributed by atoms with E-state index in [1.807, 2.05) is 66.7 Å². The first-order valence-electron chi connectivity index (χ1n) is 14.3. The number of benzene rings is 5. The molecule has 0 spiro atoms. The van der Waals surface area contributed by atoms with Crippen molar-refractivity contribution in [2.75, 3.05) is 5.32 Å². The summed E-state index contributed by atoms with van der Waals surface area (Å²) in [5, 5.41) is 15.9. The molecule has 1 amide bonds. The highest BCUT2D eigenvalue weighted by atomic mass is 16.5. The topological polar surface area (TPSA) is 75.6 Å². The first-order valence-corrected chi connectivity index (χ1v) is 14.3. The van der Waals surface area contributed by atoms with Crippen LogP contribution < -0.4 is 5.32 Å². The third-order valence-electron chi connectivity index (χ3n) is 7.42. The molecule has 0 fully saturated rings. The highest BCUT2D eigenvalue weighted by Gasteiger charge is 2.24. The number of amides is 1. The number of ether oxygens (including phenoxy) is 1. The number of esters is 1. The van der Waals surface area contributed by atoms with E-state index >= 15 is 0 Å². The average molecular weight is 558 g/mol. The molecule has 5 aromatic rings. The first kappa shape index (κ1) is 28.6. The van der Waals surface area contributed by atoms with E-state index in [0.29, 0.717) is 30.0 Å². The molecule has 1 unspecified atom stereocenters. The van der Waals surface area contributed by atoms with Crippen molar-refractivity contribution in [3.05, 3.63) is 143 Å². The van der Waals surface area contributed by atoms with Crippen LogP contribution in [-0.4, -0.2) is 17.0 Å². The normalized spacial score (nSPS) is 11.8. The summed E-state index contributed by atoms with van der Waals surface area (Å²) in [4.78, 5) is 26.2. The second-order valence-electron chi connectivity index (χ2n) is 11.0. The maximum Gasteiger partial charge on any atom is 0.338 e. The van der Waals surface area contributed by atoms with Crippen LogP contribution in [-0.2, 0) is 22.6 Å². The van der Waals surface area contributed by atoms with Gasteiger partial charge in [-0.2, -0.15) is 0 Å². The molecule has 5 nitrogen and oxygen atoms in total. The van der Waals surface area contributed by atoms with Crippen molar-refractivity contribution in [3.63, 3.8) is 0 Å². The van der Waals surface area contributed by atoms with E-state index in [-0.39, 0.29) is 30.2 Å². The molecule has 5 rings (SSSR count). The summed E-state index contributed by atoms with van der Waals surface area (Å²) in [5.74, 6) is -0.590. The predicted octanol–water partition coefficient (Wildman–Crippen LogP) is 8.26. The van der Waals surface area contributed by atoms with Gasteiger partial charge in [-0.25, -0.2) is 4.79 Å². The Kier molecular flexibility index (Phi) is 8.98. The zero-order valence-corrected chi connectivity index (χ0v) is 23.9. The Morgan fingerprint density at radius 2 is 1.48 bits per heavy atom. The molecule has 0 aliphatic heterocycles. The standard InChI is InChI=1S/C37H35NO4/c1-25(2)21-33(32-18-10-16-27-11-8-9-17-31(27)32)36(40)38-34-23-26(19-20-35(34)39)22-29-14-6-7-15-30(29)24-42-37(41)28-12-4-3-5-13-28/h3-20,23,25,33,39H,21-22,24H2,1-2H3,(H,38,40). The number of nitrogens with one attached hydrogen (secondary N) is 1. The van der Waals surface area contributed by atoms with Gasteiger partial charge in [0.2, 0.25) is 5.91 Å². The average Bonchev–Trinajstić information content (AvgIpc) is 3.01. The van der Waals surface area contributed by atoms with Gasteiger partial charge in [-0.15, -0.1) is 0 Å². The van der Waals surface area contributed by atoms with Gasteiger partial charge in [-0.05, 0) is 76.1 Å². The Morgan fingerprint density at radius 3 is 2.26 bits per heavy atom. The summed E-state index contributed by atoms with van der Waals surface area (Å²) in [6.45, 7) is 4.36. The quantitative estimate of drug-likeness (QED) is 0.134. The second-order valence-corrected chi connectivity index (χ2v) is 11.0. The number of phenolic OH excluding ortho intramolecular Hbond substituents is 1. The molecular weight excluding hydrogens is 522 g/mol. The molecule has 0 aliphatic rings. The summed E-state index contributed by atoms with van der Waals surface area (Å²) < 4.78 is 5.58. The van der Waals surface area contributed by atoms with Gasteiger partial charge in [0.1, 0.15) is 12.4 Å². The molecule has 0 bridgehead atoms. The van der Waals surface area contributed by atoms with Gasteiger partial charge in [-0.1, -0.05) is 105 Å². The lowest BCUT2D eigenvalue weighted by Gasteiger charge is -2.21. The van der Waals surface area contributed by atoms with E-state index in [2.05, 4.69) is 37.4 Å². The fourth-order valence-electron chi connectivity index (χ4n) is 5.31. The molecule has 0 aliphatic carbocycles. The van der Waals surface area contributed by atoms with Gasteiger partial charge in [0.25, 0.3) is 0 Å². The number of anilines is 1. The van der Waals surface area contributed by atoms with Crippen LogP contribution in [0.3, 0.4) is 0 Å². The van der Waals surface area contributed by atoms with Crippen molar-refractivity contribution >= 4 is 28.3 Å². The van der Waals surface area contributed by atoms with Gasteiger partial charge >= 0.3 is 5.97 Å². The molecule has 0 saturated heterocycles. The van der Waals surface area contributed by atoms with E-state index in [1.54, 1.807) is 30.3 Å². The fraction of sp³-hybridized carbons (Fsp3) is 0.189. The molecule has 5 heteroatoms. The highest BCUT2D eigenvalue weighted by molar-refractivity contribution is 6.00. The zero-order chi connectivity index (χ0) is 29.5. The largest absolute Gasteiger partial charge is 0.506 e. The van der Waals surface area contributed by atoms with Gasteiger partial charge in [0.15, 0.2) is 0 Å². The minimum absolute atomic E-state index is 0.0124. The minimum atomic E-state index is -0.376. The zero-order valence-electron chi connectivity index (χ0n) is 23.9. The molecule has 1 atom stereocenters. The van der Waals surface area contributed by atoms with Crippen LogP contribution in [0.5, 0.6) is 5.75 Å². The lowest BCUT2D eigenvalue weighted by Crippen LogP contribution is -2.23. The van der Waals surface area contributed by atoms with Crippen molar-refractivity contribution < 1.29 is 19.4 Å². The van der Waals surface area contributed by atoms with Crippen LogP contribution in [0, 0.1) is 5.92 Å². The van der Waals surface area contributed by atoms with Crippen LogP contribution in [0.2, 0.25) is 0 Å². The van der Waals surface area contributed by atoms with E-state index in [0.717, 1.165) is 33.0 Å². The molecule has 0 saturated carbocycles. The SMILES string of the molecule is CC(C)CC(C(=O)Nc1cc(Cc2ccccc2COC(=O)c2ccccc2)ccc1O)c1cccc2ccccc12. The maximum absolute atomic E-state index is 13.8. The smallest absolute Gasteiger partial charge is 0.338 e. The predicted molar refractivity (Wildman–Crippen MR) is 168 cm³/mol. The van der Waals surface area contributed by atoms with E-state index in [4.69, 9.17) is 4.74 Å². The summed E-state index contributed by atoms with van der Waals surface area (Å²) in [6, 6.07) is 36.2. The lowest BCUT2D eigenvalue weighted by atomic mass is 9.86. The molecular formula is C37H35NO4. The summed E-state index contributed by atoms with van der Waals surface area (Å²) in [6.07, 6.45) is 1.22. The number of carbonyl (C=O) groups excluding carboxylic acids is 2. The lowest BCUT2D eigenvalue weighted by molar-refractivity contribution is -0.117. The molecule has 2 N–H and O–H groups in total. The van der Waals surface area contributed by atoms with Crippen molar-refractivity contribution in [2.45, 2.75) is 39.2 Å². The van der Waals surface area contributed by atoms with Crippen LogP contribution >= 0.6 is 0 Å². The highest BCUT2D eigenvalue weighted by Crippen LogP contribution is 2.33. The number of rotatable bonds is 10. The van der Waals surface area contributed by atoms with Gasteiger partial charge < -0.3 is 15.2 Å². The number of phenols is 1. The Morgan fingerprint density at radius 1 is 0.786 bits per heavy atom. The van der Waals surface area contributed by atoms with Crippen LogP contribution in [0.25, 0.3) is 10.8 Å². The Balaban J connectivity index is 1.35. The maximum atomic E-state index is 13.8. The Labute approximate surface area is 246 Å². The van der Waals surface area contributed by atoms with Crippen molar-refractivity contribution in [1.29, 1.82) is 0 Å². The third kappa shape index (κ3) is 6.87. The first-order chi connectivity index (χ1) is 20.4. The van der Waals surface area contributed by atoms with Crippen molar-refractivity contribution in [3.8, 4) is 5.75 Å². The third-order valence-corrected chi connectivity index (χ3v) is 7.42. The van der Waals surface area contributed by atoms with Crippen molar-refractivity contribution in [1.82, 2.24) is 0 Å². The van der Waals surface area contributed by atoms with Crippen molar-refractivity contribution in [2.24, 2.45) is 5.92 Å². The molecule has 0 radical (unpaired) electrons. The summed E-state index contributed by atoms with van der Waals surface area (Å²) >= 11 is 0. The summed E-state index contributed by atoms with van der Waals surface area (Å²) in [7, 11) is 0. The van der Waals surface area contributed by atoms with Crippen LogP contribution in [0.4, 0.5) is 5.69 Å². The number of hydrogen-bond donors (Lipinski definition) is 2. The van der Waals surface area contributed by atoms with Gasteiger partial charge in [0.05, 0.1) is 17.2 Å². The molecule has 212 valence electrons. The van der Waals surface area contributed by atoms with Crippen LogP contribution in [0.15, 0.2) is 115 Å². The second kappa shape index (κ2) is 13.2. The van der Waals surface area contributed by atoms with Crippen LogP contribution in [0.1, 0.15) is 58.8 Å². The molecule has 5 aromatic carbocycles. The number of aromatic hydroxyl groups is 1. The molecule has 0 aromatic heterocycles. The fourth-order valence-corrected chi connectivity index (χ4v) is 5.31. The molecule has 0 heterocycles. The number of carbonyl (C=O) groups is 2. The van der Waals surface area contributed by atoms with E-state index in [1.165, 1.54) is 0 Å². The summed E-state index contributed by atoms with van der Waals surface area (Å²) in [5.41, 5.74) is 4.67. The minimum Gasteiger partial charge on any atom is -0.506 e. The van der Waals surface area contributed by atoms with E-state index < -0.39 is 0 Å². The Bertz CT molecular complexity index is 1690. The number of hydrogen-bond acceptors (Lipinski definition) is 4. The number of fused-ring (bicyclic) bond motifs is 1. The molecule has 42 heavy (non-hydrogen) atoms. The van der Waals surface area contributed by atoms with Gasteiger partial charge in [-0.3, -0.25) is 4.79 Å². The van der Waals surface area contributed by atoms with Gasteiger partial charge in [0, 0.05) is 0 Å². The monoisotopic (exact) mass is 557 g/mol. The Hall–Kier alpha value is -4.90.